The highest BCUT2D eigenvalue weighted by Crippen LogP contribution is 2.25. The van der Waals surface area contributed by atoms with E-state index >= 15 is 0 Å². The number of rotatable bonds is 10. The minimum Gasteiger partial charge on any atom is -0.359 e. The summed E-state index contributed by atoms with van der Waals surface area (Å²) in [4.78, 5) is 0. The first-order chi connectivity index (χ1) is 13.9. The van der Waals surface area contributed by atoms with Crippen molar-refractivity contribution in [2.45, 2.75) is 67.2 Å². The predicted molar refractivity (Wildman–Crippen MR) is 131 cm³/mol. The van der Waals surface area contributed by atoms with Crippen molar-refractivity contribution in [2.24, 2.45) is 5.92 Å². The molecule has 0 aromatic heterocycles. The highest BCUT2D eigenvalue weighted by Gasteiger charge is 2.15. The standard InChI is InChI=1S/C25H35N2.C2H6/c1-7-9-23(22(5)26-24-14-11-19(2)12-15-24)10-8-17-27(6)25-16-13-20(3)18-21(25)4;1-2/h11-16,18,23,26H,5-10,17H2,1-4H3;1-2H3/q+1;. The quantitative estimate of drug-likeness (QED) is 0.321. The fourth-order valence-corrected chi connectivity index (χ4v) is 3.57. The van der Waals surface area contributed by atoms with Crippen molar-refractivity contribution in [1.29, 1.82) is 0 Å². The highest BCUT2D eigenvalue weighted by atomic mass is 15.0. The topological polar surface area (TPSA) is 15.0 Å². The van der Waals surface area contributed by atoms with Gasteiger partial charge in [0.25, 0.3) is 0 Å². The van der Waals surface area contributed by atoms with Crippen LogP contribution in [0.4, 0.5) is 11.4 Å². The van der Waals surface area contributed by atoms with Crippen molar-refractivity contribution in [3.05, 3.63) is 71.4 Å². The Morgan fingerprint density at radius 2 is 1.59 bits per heavy atom. The number of anilines is 1. The van der Waals surface area contributed by atoms with Gasteiger partial charge in [-0.15, -0.1) is 0 Å². The van der Waals surface area contributed by atoms with E-state index in [0.29, 0.717) is 5.92 Å². The Kier molecular flexibility index (Phi) is 11.1. The molecule has 0 amide bonds. The second kappa shape index (κ2) is 13.0. The molecule has 0 radical (unpaired) electrons. The average molecular weight is 394 g/mol. The van der Waals surface area contributed by atoms with E-state index in [4.69, 9.17) is 0 Å². The minimum absolute atomic E-state index is 0.490. The second-order valence-corrected chi connectivity index (χ2v) is 7.70. The van der Waals surface area contributed by atoms with Crippen LogP contribution in [0.25, 0.3) is 0 Å². The van der Waals surface area contributed by atoms with Gasteiger partial charge < -0.3 is 5.32 Å². The molecule has 1 N–H and O–H groups in total. The summed E-state index contributed by atoms with van der Waals surface area (Å²) in [7, 11) is 0. The molecule has 2 aromatic rings. The first kappa shape index (κ1) is 24.7. The lowest BCUT2D eigenvalue weighted by Gasteiger charge is -2.20. The summed E-state index contributed by atoms with van der Waals surface area (Å²) in [5, 5.41) is 3.52. The van der Waals surface area contributed by atoms with E-state index in [1.54, 1.807) is 0 Å². The van der Waals surface area contributed by atoms with Gasteiger partial charge in [0, 0.05) is 29.4 Å². The van der Waals surface area contributed by atoms with Crippen LogP contribution in [-0.4, -0.2) is 17.8 Å². The average Bonchev–Trinajstić information content (AvgIpc) is 2.70. The van der Waals surface area contributed by atoms with Crippen LogP contribution in [0.2, 0.25) is 0 Å². The Labute approximate surface area is 179 Å². The number of hydrogen-bond acceptors (Lipinski definition) is 1. The fourth-order valence-electron chi connectivity index (χ4n) is 3.57. The van der Waals surface area contributed by atoms with Gasteiger partial charge in [0.05, 0.1) is 0 Å². The molecule has 0 spiro atoms. The molecule has 2 aromatic carbocycles. The lowest BCUT2D eigenvalue weighted by molar-refractivity contribution is -0.432. The van der Waals surface area contributed by atoms with Crippen molar-refractivity contribution in [3.8, 4) is 0 Å². The van der Waals surface area contributed by atoms with Crippen molar-refractivity contribution in [1.82, 2.24) is 0 Å². The second-order valence-electron chi connectivity index (χ2n) is 7.70. The Balaban J connectivity index is 0.00000204. The third-order valence-electron chi connectivity index (χ3n) is 5.16. The summed E-state index contributed by atoms with van der Waals surface area (Å²) in [5.74, 6) is 0.490. The third kappa shape index (κ3) is 8.27. The molecule has 2 nitrogen and oxygen atoms in total. The van der Waals surface area contributed by atoms with Gasteiger partial charge in [-0.2, -0.15) is 0 Å². The molecule has 0 heterocycles. The molecular formula is C27H41N2+. The molecule has 0 aliphatic carbocycles. The molecule has 2 rings (SSSR count). The van der Waals surface area contributed by atoms with Gasteiger partial charge in [0.15, 0.2) is 0 Å². The summed E-state index contributed by atoms with van der Waals surface area (Å²) < 4.78 is 2.13. The van der Waals surface area contributed by atoms with Crippen LogP contribution in [0.15, 0.2) is 54.7 Å². The van der Waals surface area contributed by atoms with Crippen LogP contribution in [0.1, 0.15) is 63.1 Å². The predicted octanol–water partition coefficient (Wildman–Crippen LogP) is 7.80. The van der Waals surface area contributed by atoms with Gasteiger partial charge in [-0.3, -0.25) is 0 Å². The van der Waals surface area contributed by atoms with Crippen LogP contribution in [-0.2, 0) is 0 Å². The van der Waals surface area contributed by atoms with Gasteiger partial charge in [-0.1, -0.05) is 63.1 Å². The van der Waals surface area contributed by atoms with Crippen LogP contribution in [0.5, 0.6) is 0 Å². The van der Waals surface area contributed by atoms with Crippen molar-refractivity contribution < 1.29 is 4.58 Å². The molecule has 158 valence electrons. The zero-order chi connectivity index (χ0) is 21.8. The summed E-state index contributed by atoms with van der Waals surface area (Å²) in [6.45, 7) is 22.2. The summed E-state index contributed by atoms with van der Waals surface area (Å²) in [6, 6.07) is 15.1. The third-order valence-corrected chi connectivity index (χ3v) is 5.16. The molecule has 1 atom stereocenters. The number of nitrogens with one attached hydrogen (secondary N) is 1. The van der Waals surface area contributed by atoms with Crippen LogP contribution < -0.4 is 5.32 Å². The molecule has 0 bridgehead atoms. The summed E-state index contributed by atoms with van der Waals surface area (Å²) in [5.41, 5.74) is 7.35. The molecule has 0 aliphatic heterocycles. The Morgan fingerprint density at radius 3 is 2.17 bits per heavy atom. The van der Waals surface area contributed by atoms with Crippen LogP contribution in [0, 0.1) is 26.7 Å². The zero-order valence-electron chi connectivity index (χ0n) is 19.5. The molecule has 0 saturated heterocycles. The smallest absolute Gasteiger partial charge is 0.207 e. The molecular weight excluding hydrogens is 352 g/mol. The molecule has 0 saturated carbocycles. The number of aryl methyl sites for hydroxylation is 3. The van der Waals surface area contributed by atoms with E-state index in [2.05, 4.69) is 93.3 Å². The van der Waals surface area contributed by atoms with Gasteiger partial charge >= 0.3 is 0 Å². The monoisotopic (exact) mass is 393 g/mol. The largest absolute Gasteiger partial charge is 0.359 e. The fraction of sp³-hybridized carbons (Fsp3) is 0.444. The maximum Gasteiger partial charge on any atom is 0.207 e. The normalized spacial score (nSPS) is 11.2. The molecule has 0 fully saturated rings. The van der Waals surface area contributed by atoms with Crippen molar-refractivity contribution in [2.75, 3.05) is 11.9 Å². The van der Waals surface area contributed by atoms with E-state index in [9.17, 15) is 0 Å². The maximum absolute atomic E-state index is 4.33. The minimum atomic E-state index is 0.490. The van der Waals surface area contributed by atoms with Crippen LogP contribution >= 0.6 is 0 Å². The zero-order valence-corrected chi connectivity index (χ0v) is 19.5. The van der Waals surface area contributed by atoms with Crippen molar-refractivity contribution in [3.63, 3.8) is 0 Å². The van der Waals surface area contributed by atoms with E-state index in [1.165, 1.54) is 35.2 Å². The molecule has 2 heteroatoms. The summed E-state index contributed by atoms with van der Waals surface area (Å²) in [6.07, 6.45) is 4.57. The number of hydrogen-bond donors (Lipinski definition) is 1. The van der Waals surface area contributed by atoms with Gasteiger partial charge in [-0.25, -0.2) is 4.58 Å². The van der Waals surface area contributed by atoms with Gasteiger partial charge in [-0.05, 0) is 57.7 Å². The van der Waals surface area contributed by atoms with E-state index in [1.807, 2.05) is 13.8 Å². The lowest BCUT2D eigenvalue weighted by atomic mass is 9.94. The maximum atomic E-state index is 4.33. The first-order valence-corrected chi connectivity index (χ1v) is 11.1. The van der Waals surface area contributed by atoms with E-state index < -0.39 is 0 Å². The first-order valence-electron chi connectivity index (χ1n) is 11.1. The lowest BCUT2D eigenvalue weighted by Crippen LogP contribution is -2.14. The SMILES string of the molecule is C=C(Nc1ccc(C)cc1)C(CCC)CCC[N+](=C)c1ccc(C)cc1C.CC. The van der Waals surface area contributed by atoms with Gasteiger partial charge in [0.2, 0.25) is 5.69 Å². The number of nitrogens with zero attached hydrogens (tertiary/aromatic N) is 1. The molecule has 0 aliphatic rings. The van der Waals surface area contributed by atoms with Gasteiger partial charge in [0.1, 0.15) is 13.3 Å². The van der Waals surface area contributed by atoms with E-state index in [0.717, 1.165) is 30.8 Å². The Hall–Kier alpha value is -2.35. The highest BCUT2D eigenvalue weighted by molar-refractivity contribution is 5.49. The molecule has 1 unspecified atom stereocenters. The van der Waals surface area contributed by atoms with E-state index in [-0.39, 0.29) is 0 Å². The van der Waals surface area contributed by atoms with Crippen LogP contribution in [0.3, 0.4) is 0 Å². The number of benzene rings is 2. The Morgan fingerprint density at radius 1 is 0.966 bits per heavy atom. The molecule has 29 heavy (non-hydrogen) atoms. The number of allylic oxidation sites excluding steroid dienone is 1. The summed E-state index contributed by atoms with van der Waals surface area (Å²) >= 11 is 0. The van der Waals surface area contributed by atoms with Crippen molar-refractivity contribution >= 4 is 18.1 Å². The Bertz CT molecular complexity index is 772.